The average molecular weight is 376 g/mol. The lowest BCUT2D eigenvalue weighted by Gasteiger charge is -2.11. The number of carbonyl (C=O) groups excluding carboxylic acids is 2. The quantitative estimate of drug-likeness (QED) is 0.674. The average Bonchev–Trinajstić information content (AvgIpc) is 3.13. The highest BCUT2D eigenvalue weighted by atomic mass is 16.2. The Labute approximate surface area is 164 Å². The molecule has 0 aliphatic carbocycles. The van der Waals surface area contributed by atoms with Gasteiger partial charge in [-0.25, -0.2) is 4.68 Å². The maximum atomic E-state index is 12.8. The predicted octanol–water partition coefficient (Wildman–Crippen LogP) is 4.28. The van der Waals surface area contributed by atoms with E-state index >= 15 is 0 Å². The van der Waals surface area contributed by atoms with Crippen LogP contribution in [0.3, 0.4) is 0 Å². The van der Waals surface area contributed by atoms with E-state index in [2.05, 4.69) is 15.7 Å². The fourth-order valence-corrected chi connectivity index (χ4v) is 2.86. The molecule has 0 atom stereocenters. The van der Waals surface area contributed by atoms with Crippen molar-refractivity contribution >= 4 is 23.2 Å². The molecule has 1 heterocycles. The van der Waals surface area contributed by atoms with Crippen LogP contribution in [0, 0.1) is 5.92 Å². The number of aromatic nitrogens is 2. The van der Waals surface area contributed by atoms with Gasteiger partial charge in [0.05, 0.1) is 23.1 Å². The standard InChI is InChI=1S/C22H24N4O2/c1-4-20-19(14-23-26(20)18-11-6-5-7-12-18)22(28)25-17-10-8-9-16(13-17)24-21(27)15(2)3/h5-15H,4H2,1-3H3,(H,24,27)(H,25,28). The van der Waals surface area contributed by atoms with Gasteiger partial charge in [-0.3, -0.25) is 9.59 Å². The number of nitrogens with one attached hydrogen (secondary N) is 2. The van der Waals surface area contributed by atoms with Crippen molar-refractivity contribution in [2.24, 2.45) is 5.92 Å². The van der Waals surface area contributed by atoms with Gasteiger partial charge in [0.2, 0.25) is 5.91 Å². The molecule has 0 aliphatic heterocycles. The second-order valence-electron chi connectivity index (χ2n) is 6.78. The van der Waals surface area contributed by atoms with Crippen LogP contribution in [0.5, 0.6) is 0 Å². The first-order valence-electron chi connectivity index (χ1n) is 9.34. The van der Waals surface area contributed by atoms with Crippen molar-refractivity contribution in [1.29, 1.82) is 0 Å². The van der Waals surface area contributed by atoms with Crippen molar-refractivity contribution in [2.45, 2.75) is 27.2 Å². The third-order valence-electron chi connectivity index (χ3n) is 4.36. The SMILES string of the molecule is CCc1c(C(=O)Nc2cccc(NC(=O)C(C)C)c2)cnn1-c1ccccc1. The second-order valence-corrected chi connectivity index (χ2v) is 6.78. The molecule has 1 aromatic heterocycles. The van der Waals surface area contributed by atoms with E-state index < -0.39 is 0 Å². The minimum Gasteiger partial charge on any atom is -0.326 e. The monoisotopic (exact) mass is 376 g/mol. The topological polar surface area (TPSA) is 76.0 Å². The molecule has 6 nitrogen and oxygen atoms in total. The van der Waals surface area contributed by atoms with Crippen molar-refractivity contribution in [1.82, 2.24) is 9.78 Å². The summed E-state index contributed by atoms with van der Waals surface area (Å²) in [6.07, 6.45) is 2.26. The van der Waals surface area contributed by atoms with Crippen LogP contribution in [0.25, 0.3) is 5.69 Å². The zero-order chi connectivity index (χ0) is 20.1. The van der Waals surface area contributed by atoms with E-state index in [0.717, 1.165) is 11.4 Å². The molecule has 2 amide bonds. The molecule has 2 aromatic carbocycles. The van der Waals surface area contributed by atoms with Crippen LogP contribution in [0.1, 0.15) is 36.8 Å². The fourth-order valence-electron chi connectivity index (χ4n) is 2.86. The van der Waals surface area contributed by atoms with E-state index in [0.29, 0.717) is 23.4 Å². The Hall–Kier alpha value is -3.41. The van der Waals surface area contributed by atoms with Crippen LogP contribution in [-0.2, 0) is 11.2 Å². The number of nitrogens with zero attached hydrogens (tertiary/aromatic N) is 2. The number of anilines is 2. The van der Waals surface area contributed by atoms with Crippen LogP contribution in [-0.4, -0.2) is 21.6 Å². The van der Waals surface area contributed by atoms with Crippen LogP contribution < -0.4 is 10.6 Å². The van der Waals surface area contributed by atoms with Gasteiger partial charge in [0.15, 0.2) is 0 Å². The molecule has 0 unspecified atom stereocenters. The van der Waals surface area contributed by atoms with Crippen molar-refractivity contribution in [2.75, 3.05) is 10.6 Å². The van der Waals surface area contributed by atoms with Gasteiger partial charge in [-0.2, -0.15) is 5.10 Å². The summed E-state index contributed by atoms with van der Waals surface area (Å²) in [4.78, 5) is 24.7. The van der Waals surface area contributed by atoms with Gasteiger partial charge in [0, 0.05) is 17.3 Å². The smallest absolute Gasteiger partial charge is 0.259 e. The second kappa shape index (κ2) is 8.52. The predicted molar refractivity (Wildman–Crippen MR) is 111 cm³/mol. The lowest BCUT2D eigenvalue weighted by atomic mass is 10.1. The number of amides is 2. The third-order valence-corrected chi connectivity index (χ3v) is 4.36. The Morgan fingerprint density at radius 1 is 1.00 bits per heavy atom. The summed E-state index contributed by atoms with van der Waals surface area (Å²) < 4.78 is 1.79. The Bertz CT molecular complexity index is 977. The van der Waals surface area contributed by atoms with Gasteiger partial charge in [0.1, 0.15) is 0 Å². The number of rotatable bonds is 6. The Morgan fingerprint density at radius 2 is 1.68 bits per heavy atom. The fraction of sp³-hybridized carbons (Fsp3) is 0.227. The lowest BCUT2D eigenvalue weighted by molar-refractivity contribution is -0.118. The summed E-state index contributed by atoms with van der Waals surface area (Å²) in [5.41, 5.74) is 3.54. The highest BCUT2D eigenvalue weighted by Gasteiger charge is 2.17. The highest BCUT2D eigenvalue weighted by molar-refractivity contribution is 6.05. The highest BCUT2D eigenvalue weighted by Crippen LogP contribution is 2.20. The Morgan fingerprint density at radius 3 is 2.32 bits per heavy atom. The molecule has 0 radical (unpaired) electrons. The Kier molecular flexibility index (Phi) is 5.89. The maximum Gasteiger partial charge on any atom is 0.259 e. The van der Waals surface area contributed by atoms with Crippen molar-refractivity contribution < 1.29 is 9.59 Å². The van der Waals surface area contributed by atoms with E-state index in [1.165, 1.54) is 0 Å². The van der Waals surface area contributed by atoms with Gasteiger partial charge in [-0.15, -0.1) is 0 Å². The van der Waals surface area contributed by atoms with Crippen molar-refractivity contribution in [3.05, 3.63) is 72.1 Å². The number of hydrogen-bond acceptors (Lipinski definition) is 3. The summed E-state index contributed by atoms with van der Waals surface area (Å²) in [5, 5.41) is 10.1. The zero-order valence-corrected chi connectivity index (χ0v) is 16.3. The van der Waals surface area contributed by atoms with Crippen LogP contribution >= 0.6 is 0 Å². The van der Waals surface area contributed by atoms with E-state index in [-0.39, 0.29) is 17.7 Å². The van der Waals surface area contributed by atoms with Crippen LogP contribution in [0.15, 0.2) is 60.8 Å². The molecule has 0 aliphatic rings. The molecule has 0 bridgehead atoms. The first-order chi connectivity index (χ1) is 13.5. The number of benzene rings is 2. The molecule has 144 valence electrons. The molecule has 0 saturated carbocycles. The first kappa shape index (κ1) is 19.4. The van der Waals surface area contributed by atoms with Crippen molar-refractivity contribution in [3.63, 3.8) is 0 Å². The van der Waals surface area contributed by atoms with Crippen molar-refractivity contribution in [3.8, 4) is 5.69 Å². The molecule has 0 fully saturated rings. The molecule has 28 heavy (non-hydrogen) atoms. The molecule has 6 heteroatoms. The van der Waals surface area contributed by atoms with Crippen LogP contribution in [0.2, 0.25) is 0 Å². The zero-order valence-electron chi connectivity index (χ0n) is 16.3. The molecule has 0 spiro atoms. The summed E-state index contributed by atoms with van der Waals surface area (Å²) >= 11 is 0. The molecule has 3 rings (SSSR count). The van der Waals surface area contributed by atoms with E-state index in [1.54, 1.807) is 35.1 Å². The van der Waals surface area contributed by atoms with E-state index in [4.69, 9.17) is 0 Å². The minimum atomic E-state index is -0.230. The molecular formula is C22H24N4O2. The summed E-state index contributed by atoms with van der Waals surface area (Å²) in [6.45, 7) is 5.66. The van der Waals surface area contributed by atoms with Gasteiger partial charge >= 0.3 is 0 Å². The minimum absolute atomic E-state index is 0.0686. The van der Waals surface area contributed by atoms with Gasteiger partial charge in [-0.1, -0.05) is 45.0 Å². The molecule has 0 saturated heterocycles. The summed E-state index contributed by atoms with van der Waals surface area (Å²) in [7, 11) is 0. The largest absolute Gasteiger partial charge is 0.326 e. The Balaban J connectivity index is 1.80. The molecule has 2 N–H and O–H groups in total. The van der Waals surface area contributed by atoms with Gasteiger partial charge in [-0.05, 0) is 36.8 Å². The van der Waals surface area contributed by atoms with E-state index in [9.17, 15) is 9.59 Å². The number of carbonyl (C=O) groups is 2. The summed E-state index contributed by atoms with van der Waals surface area (Å²) in [6, 6.07) is 16.8. The first-order valence-corrected chi connectivity index (χ1v) is 9.34. The lowest BCUT2D eigenvalue weighted by Crippen LogP contribution is -2.18. The molecule has 3 aromatic rings. The molecular weight excluding hydrogens is 352 g/mol. The normalized spacial score (nSPS) is 10.7. The maximum absolute atomic E-state index is 12.8. The number of hydrogen-bond donors (Lipinski definition) is 2. The summed E-state index contributed by atoms with van der Waals surface area (Å²) in [5.74, 6) is -0.415. The number of para-hydroxylation sites is 1. The van der Waals surface area contributed by atoms with Gasteiger partial charge < -0.3 is 10.6 Å². The van der Waals surface area contributed by atoms with Gasteiger partial charge in [0.25, 0.3) is 5.91 Å². The third kappa shape index (κ3) is 4.28. The van der Waals surface area contributed by atoms with E-state index in [1.807, 2.05) is 51.1 Å². The van der Waals surface area contributed by atoms with Crippen LogP contribution in [0.4, 0.5) is 11.4 Å².